The smallest absolute Gasteiger partial charge is 0.225 e. The average molecular weight is 337 g/mol. The molecule has 0 aliphatic rings. The molecule has 23 heavy (non-hydrogen) atoms. The van der Waals surface area contributed by atoms with Gasteiger partial charge in [0.15, 0.2) is 11.6 Å². The van der Waals surface area contributed by atoms with Crippen LogP contribution in [0.3, 0.4) is 0 Å². The fourth-order valence-electron chi connectivity index (χ4n) is 2.32. The van der Waals surface area contributed by atoms with Gasteiger partial charge in [-0.2, -0.15) is 4.98 Å². The highest BCUT2D eigenvalue weighted by Crippen LogP contribution is 2.29. The Kier molecular flexibility index (Phi) is 5.05. The molecule has 2 heterocycles. The first-order chi connectivity index (χ1) is 10.9. The molecule has 0 saturated carbocycles. The molecule has 2 amide bonds. The largest absolute Gasteiger partial charge is 0.295 e. The van der Waals surface area contributed by atoms with Crippen molar-refractivity contribution in [3.63, 3.8) is 0 Å². The Morgan fingerprint density at radius 2 is 1.52 bits per heavy atom. The quantitative estimate of drug-likeness (QED) is 0.791. The van der Waals surface area contributed by atoms with Crippen molar-refractivity contribution in [3.05, 3.63) is 11.6 Å². The van der Waals surface area contributed by atoms with Crippen LogP contribution in [0.1, 0.15) is 27.7 Å². The molecule has 0 atom stereocenters. The first-order valence-electron chi connectivity index (χ1n) is 7.15. The fraction of sp³-hybridized carbons (Fsp3) is 0.429. The molecule has 0 aliphatic heterocycles. The van der Waals surface area contributed by atoms with Crippen molar-refractivity contribution in [3.8, 4) is 0 Å². The van der Waals surface area contributed by atoms with Crippen molar-refractivity contribution < 1.29 is 9.59 Å². The van der Waals surface area contributed by atoms with Crippen LogP contribution in [-0.4, -0.2) is 44.8 Å². The minimum absolute atomic E-state index is 0.0390. The number of fused-ring (bicyclic) bond motifs is 1. The van der Waals surface area contributed by atoms with Crippen LogP contribution in [0.15, 0.2) is 6.33 Å². The maximum absolute atomic E-state index is 11.8. The van der Waals surface area contributed by atoms with Gasteiger partial charge < -0.3 is 0 Å². The third-order valence-electron chi connectivity index (χ3n) is 3.32. The minimum atomic E-state index is -0.192. The third-order valence-corrected chi connectivity index (χ3v) is 3.49. The van der Waals surface area contributed by atoms with Crippen LogP contribution >= 0.6 is 11.6 Å². The van der Waals surface area contributed by atoms with Crippen molar-refractivity contribution in [2.45, 2.75) is 27.7 Å². The van der Waals surface area contributed by atoms with Crippen LogP contribution in [0.25, 0.3) is 11.0 Å². The fourth-order valence-corrected chi connectivity index (χ4v) is 2.49. The first-order valence-corrected chi connectivity index (χ1v) is 7.52. The second kappa shape index (κ2) is 6.82. The van der Waals surface area contributed by atoms with E-state index in [4.69, 9.17) is 11.6 Å². The van der Waals surface area contributed by atoms with Crippen LogP contribution in [0, 0.1) is 0 Å². The zero-order valence-corrected chi connectivity index (χ0v) is 14.1. The van der Waals surface area contributed by atoms with Gasteiger partial charge in [0.1, 0.15) is 17.4 Å². The topological polar surface area (TPSA) is 92.2 Å². The van der Waals surface area contributed by atoms with E-state index in [0.717, 1.165) is 0 Å². The monoisotopic (exact) mass is 336 g/mol. The van der Waals surface area contributed by atoms with Gasteiger partial charge in [-0.25, -0.2) is 15.0 Å². The number of rotatable bonds is 4. The van der Waals surface area contributed by atoms with Crippen molar-refractivity contribution in [1.29, 1.82) is 0 Å². The van der Waals surface area contributed by atoms with Gasteiger partial charge in [-0.05, 0) is 25.4 Å². The standard InChI is InChI=1S/C14H17ClN6O2/c1-5-20(8(3)22)12-11-10(16-7-17-12)13(19-14(15)18-11)21(6-2)9(4)23/h7H,5-6H2,1-4H3. The molecular formula is C14H17ClN6O2. The summed E-state index contributed by atoms with van der Waals surface area (Å²) in [5, 5.41) is -0.0390. The zero-order valence-electron chi connectivity index (χ0n) is 13.4. The highest BCUT2D eigenvalue weighted by molar-refractivity contribution is 6.29. The van der Waals surface area contributed by atoms with Crippen LogP contribution in [0.4, 0.5) is 11.6 Å². The molecule has 0 unspecified atom stereocenters. The molecule has 0 radical (unpaired) electrons. The van der Waals surface area contributed by atoms with Gasteiger partial charge in [0, 0.05) is 26.9 Å². The van der Waals surface area contributed by atoms with Gasteiger partial charge >= 0.3 is 0 Å². The first kappa shape index (κ1) is 17.0. The van der Waals surface area contributed by atoms with Gasteiger partial charge in [-0.1, -0.05) is 0 Å². The van der Waals surface area contributed by atoms with Crippen molar-refractivity contribution >= 4 is 46.1 Å². The molecule has 2 aromatic heterocycles. The number of aromatic nitrogens is 4. The summed E-state index contributed by atoms with van der Waals surface area (Å²) in [7, 11) is 0. The molecule has 0 aromatic carbocycles. The molecule has 2 rings (SSSR count). The van der Waals surface area contributed by atoms with E-state index in [2.05, 4.69) is 19.9 Å². The normalized spacial score (nSPS) is 10.7. The Balaban J connectivity index is 2.79. The number of carbonyl (C=O) groups excluding carboxylic acids is 2. The predicted octanol–water partition coefficient (Wildman–Crippen LogP) is 1.82. The minimum Gasteiger partial charge on any atom is -0.295 e. The summed E-state index contributed by atoms with van der Waals surface area (Å²) < 4.78 is 0. The molecular weight excluding hydrogens is 320 g/mol. The van der Waals surface area contributed by atoms with E-state index in [-0.39, 0.29) is 17.1 Å². The highest BCUT2D eigenvalue weighted by atomic mass is 35.5. The maximum Gasteiger partial charge on any atom is 0.225 e. The summed E-state index contributed by atoms with van der Waals surface area (Å²) in [5.74, 6) is 0.277. The molecule has 2 aromatic rings. The van der Waals surface area contributed by atoms with Gasteiger partial charge in [0.25, 0.3) is 0 Å². The zero-order chi connectivity index (χ0) is 17.1. The van der Waals surface area contributed by atoms with E-state index in [9.17, 15) is 9.59 Å². The molecule has 0 spiro atoms. The Bertz CT molecular complexity index is 766. The van der Waals surface area contributed by atoms with Gasteiger partial charge in [0.2, 0.25) is 17.1 Å². The molecule has 8 nitrogen and oxygen atoms in total. The molecule has 0 N–H and O–H groups in total. The van der Waals surface area contributed by atoms with Gasteiger partial charge in [0.05, 0.1) is 0 Å². The number of carbonyl (C=O) groups is 2. The maximum atomic E-state index is 11.8. The summed E-state index contributed by atoms with van der Waals surface area (Å²) in [4.78, 5) is 43.2. The van der Waals surface area contributed by atoms with E-state index in [1.807, 2.05) is 13.8 Å². The Morgan fingerprint density at radius 1 is 0.957 bits per heavy atom. The number of nitrogens with zero attached hydrogens (tertiary/aromatic N) is 6. The Hall–Kier alpha value is -2.35. The number of amides is 2. The molecule has 0 bridgehead atoms. The van der Waals surface area contributed by atoms with Gasteiger partial charge in [-0.15, -0.1) is 0 Å². The van der Waals surface area contributed by atoms with E-state index in [1.165, 1.54) is 30.0 Å². The van der Waals surface area contributed by atoms with E-state index in [0.29, 0.717) is 35.8 Å². The lowest BCUT2D eigenvalue weighted by atomic mass is 10.3. The number of halogens is 1. The average Bonchev–Trinajstić information content (AvgIpc) is 2.48. The summed E-state index contributed by atoms with van der Waals surface area (Å²) >= 11 is 6.01. The number of hydrogen-bond acceptors (Lipinski definition) is 6. The molecule has 0 fully saturated rings. The molecule has 0 aliphatic carbocycles. The summed E-state index contributed by atoms with van der Waals surface area (Å²) in [6.07, 6.45) is 1.32. The van der Waals surface area contributed by atoms with Crippen molar-refractivity contribution in [2.24, 2.45) is 0 Å². The third kappa shape index (κ3) is 3.21. The Morgan fingerprint density at radius 3 is 2.04 bits per heavy atom. The predicted molar refractivity (Wildman–Crippen MR) is 87.5 cm³/mol. The van der Waals surface area contributed by atoms with E-state index < -0.39 is 0 Å². The summed E-state index contributed by atoms with van der Waals surface area (Å²) in [6, 6.07) is 0. The highest BCUT2D eigenvalue weighted by Gasteiger charge is 2.22. The van der Waals surface area contributed by atoms with Crippen molar-refractivity contribution in [2.75, 3.05) is 22.9 Å². The number of hydrogen-bond donors (Lipinski definition) is 0. The van der Waals surface area contributed by atoms with Crippen LogP contribution in [0.2, 0.25) is 5.28 Å². The SMILES string of the molecule is CCN(C(C)=O)c1nc(Cl)nc2c(N(CC)C(C)=O)ncnc12. The second-order valence-electron chi connectivity index (χ2n) is 4.74. The second-order valence-corrected chi connectivity index (χ2v) is 5.08. The van der Waals surface area contributed by atoms with Crippen LogP contribution < -0.4 is 9.80 Å². The summed E-state index contributed by atoms with van der Waals surface area (Å²) in [5.41, 5.74) is 0.704. The molecule has 9 heteroatoms. The van der Waals surface area contributed by atoms with E-state index in [1.54, 1.807) is 0 Å². The lowest BCUT2D eigenvalue weighted by Gasteiger charge is -2.22. The summed E-state index contributed by atoms with van der Waals surface area (Å²) in [6.45, 7) is 7.34. The van der Waals surface area contributed by atoms with Crippen molar-refractivity contribution in [1.82, 2.24) is 19.9 Å². The molecule has 0 saturated heterocycles. The van der Waals surface area contributed by atoms with Crippen LogP contribution in [0.5, 0.6) is 0 Å². The van der Waals surface area contributed by atoms with Crippen LogP contribution in [-0.2, 0) is 9.59 Å². The number of anilines is 2. The Labute approximate surface area is 138 Å². The lowest BCUT2D eigenvalue weighted by molar-refractivity contribution is -0.117. The molecule has 122 valence electrons. The van der Waals surface area contributed by atoms with E-state index >= 15 is 0 Å². The van der Waals surface area contributed by atoms with Gasteiger partial charge in [-0.3, -0.25) is 19.4 Å². The lowest BCUT2D eigenvalue weighted by Crippen LogP contribution is -2.31.